The molecule has 0 N–H and O–H groups in total. The zero-order chi connectivity index (χ0) is 16.7. The molecule has 0 atom stereocenters. The molecule has 0 aromatic rings. The van der Waals surface area contributed by atoms with E-state index >= 15 is 0 Å². The van der Waals surface area contributed by atoms with Crippen molar-refractivity contribution in [1.82, 2.24) is 0 Å². The molecule has 0 heterocycles. The summed E-state index contributed by atoms with van der Waals surface area (Å²) in [6, 6.07) is 0. The van der Waals surface area contributed by atoms with E-state index in [-0.39, 0.29) is 36.0 Å². The Morgan fingerprint density at radius 1 is 0.739 bits per heavy atom. The topological polar surface area (TPSA) is 51.2 Å². The van der Waals surface area contributed by atoms with E-state index in [4.69, 9.17) is 0 Å². The van der Waals surface area contributed by atoms with Crippen LogP contribution in [-0.4, -0.2) is 49.3 Å². The van der Waals surface area contributed by atoms with Gasteiger partial charge in [0.2, 0.25) is 0 Å². The molecule has 0 fully saturated rings. The van der Waals surface area contributed by atoms with Crippen LogP contribution in [-0.2, 0) is 13.7 Å². The van der Waals surface area contributed by atoms with Gasteiger partial charge in [0.15, 0.2) is 0 Å². The molecule has 0 amide bonds. The maximum absolute atomic E-state index is 11.4. The van der Waals surface area contributed by atoms with E-state index in [1.165, 1.54) is 70.5 Å². The van der Waals surface area contributed by atoms with E-state index in [9.17, 15) is 13.2 Å². The molecule has 0 saturated carbocycles. The van der Waals surface area contributed by atoms with Crippen LogP contribution in [0.5, 0.6) is 0 Å². The third-order valence-corrected chi connectivity index (χ3v) is 7.06. The minimum absolute atomic E-state index is 0. The van der Waals surface area contributed by atoms with Crippen LogP contribution < -0.4 is 0 Å². The van der Waals surface area contributed by atoms with Gasteiger partial charge in [-0.05, 0) is 23.5 Å². The van der Waals surface area contributed by atoms with Crippen molar-refractivity contribution >= 4 is 54.3 Å². The van der Waals surface area contributed by atoms with Gasteiger partial charge in [-0.15, -0.1) is 0 Å². The summed E-state index contributed by atoms with van der Waals surface area (Å²) < 4.78 is 22.5. The molecule has 3 nitrogen and oxygen atoms in total. The van der Waals surface area contributed by atoms with E-state index in [0.717, 1.165) is 12.8 Å². The van der Waals surface area contributed by atoms with Crippen LogP contribution in [0, 0.1) is 0 Å². The molecule has 0 aromatic heterocycles. The molecule has 0 aliphatic carbocycles. The fraction of sp³-hybridized carbons (Fsp3) is 0.941. The molecule has 6 heteroatoms. The van der Waals surface area contributed by atoms with Crippen molar-refractivity contribution in [3.63, 3.8) is 0 Å². The summed E-state index contributed by atoms with van der Waals surface area (Å²) in [5.41, 5.74) is 0. The Morgan fingerprint density at radius 2 is 1.09 bits per heavy atom. The first-order valence-electron chi connectivity index (χ1n) is 8.88. The SMILES string of the molecule is CCCCCCCCCCCCCCCC(=O)S(=O)(=O)SC.[NaH]. The van der Waals surface area contributed by atoms with Crippen molar-refractivity contribution in [2.24, 2.45) is 0 Å². The van der Waals surface area contributed by atoms with Crippen molar-refractivity contribution in [3.05, 3.63) is 0 Å². The first-order valence-corrected chi connectivity index (χ1v) is 12.1. The fourth-order valence-corrected chi connectivity index (χ4v) is 3.89. The Kier molecular flexibility index (Phi) is 20.3. The van der Waals surface area contributed by atoms with E-state index in [2.05, 4.69) is 6.92 Å². The molecule has 0 bridgehead atoms. The van der Waals surface area contributed by atoms with Gasteiger partial charge >= 0.3 is 29.6 Å². The van der Waals surface area contributed by atoms with Gasteiger partial charge in [0, 0.05) is 6.42 Å². The van der Waals surface area contributed by atoms with Gasteiger partial charge in [0.25, 0.3) is 14.0 Å². The Morgan fingerprint density at radius 3 is 1.43 bits per heavy atom. The van der Waals surface area contributed by atoms with Crippen molar-refractivity contribution in [1.29, 1.82) is 0 Å². The second-order valence-electron chi connectivity index (χ2n) is 5.99. The van der Waals surface area contributed by atoms with E-state index in [1.807, 2.05) is 0 Å². The molecule has 0 rings (SSSR count). The molecule has 0 aliphatic rings. The minimum atomic E-state index is -3.54. The van der Waals surface area contributed by atoms with Crippen LogP contribution in [0.25, 0.3) is 0 Å². The summed E-state index contributed by atoms with van der Waals surface area (Å²) >= 11 is 0. The van der Waals surface area contributed by atoms with Crippen molar-refractivity contribution < 1.29 is 13.2 Å². The molecule has 0 saturated heterocycles. The Hall–Kier alpha value is 0.970. The second-order valence-corrected chi connectivity index (χ2v) is 10.00. The Balaban J connectivity index is 0. The number of hydrogen-bond donors (Lipinski definition) is 0. The summed E-state index contributed by atoms with van der Waals surface area (Å²) in [5.74, 6) is 0. The maximum atomic E-state index is 11.4. The Labute approximate surface area is 169 Å². The summed E-state index contributed by atoms with van der Waals surface area (Å²) in [7, 11) is -2.89. The van der Waals surface area contributed by atoms with E-state index in [0.29, 0.717) is 17.2 Å². The van der Waals surface area contributed by atoms with Gasteiger partial charge in [-0.25, -0.2) is 8.42 Å². The summed E-state index contributed by atoms with van der Waals surface area (Å²) in [5, 5.41) is -0.608. The zero-order valence-corrected chi connectivity index (χ0v) is 16.1. The molecule has 0 spiro atoms. The predicted octanol–water partition coefficient (Wildman–Crippen LogP) is 5.04. The third-order valence-electron chi connectivity index (χ3n) is 3.98. The number of hydrogen-bond acceptors (Lipinski definition) is 4. The van der Waals surface area contributed by atoms with Crippen LogP contribution >= 0.6 is 10.8 Å². The van der Waals surface area contributed by atoms with Crippen molar-refractivity contribution in [2.75, 3.05) is 6.26 Å². The van der Waals surface area contributed by atoms with Gasteiger partial charge in [-0.2, -0.15) is 0 Å². The number of rotatable bonds is 15. The van der Waals surface area contributed by atoms with Crippen LogP contribution in [0.4, 0.5) is 0 Å². The molecule has 0 aliphatic heterocycles. The van der Waals surface area contributed by atoms with Crippen LogP contribution in [0.1, 0.15) is 96.8 Å². The zero-order valence-electron chi connectivity index (χ0n) is 14.4. The first kappa shape index (κ1) is 26.2. The van der Waals surface area contributed by atoms with Gasteiger partial charge < -0.3 is 0 Å². The van der Waals surface area contributed by atoms with E-state index in [1.54, 1.807) is 0 Å². The average Bonchev–Trinajstić information content (AvgIpc) is 2.51. The van der Waals surface area contributed by atoms with Crippen molar-refractivity contribution in [2.45, 2.75) is 96.8 Å². The summed E-state index contributed by atoms with van der Waals surface area (Å²) in [6.07, 6.45) is 17.8. The van der Waals surface area contributed by atoms with Crippen LogP contribution in [0.2, 0.25) is 0 Å². The van der Waals surface area contributed by atoms with Gasteiger partial charge in [0.05, 0.1) is 0 Å². The standard InChI is InChI=1S/C17H34O3S2.Na.H/c1-3-4-5-6-7-8-9-10-11-12-13-14-15-16-17(18)22(19,20)21-2;;/h3-16H2,1-2H3;;. The number of carbonyl (C=O) groups excluding carboxylic acids is 1. The van der Waals surface area contributed by atoms with Crippen LogP contribution in [0.15, 0.2) is 0 Å². The first-order chi connectivity index (χ1) is 10.5. The molecule has 23 heavy (non-hydrogen) atoms. The average molecular weight is 375 g/mol. The van der Waals surface area contributed by atoms with Crippen LogP contribution in [0.3, 0.4) is 0 Å². The van der Waals surface area contributed by atoms with Gasteiger partial charge in [0.1, 0.15) is 0 Å². The fourth-order valence-electron chi connectivity index (χ4n) is 2.51. The van der Waals surface area contributed by atoms with Gasteiger partial charge in [-0.3, -0.25) is 4.79 Å². The number of carbonyl (C=O) groups is 1. The summed E-state index contributed by atoms with van der Waals surface area (Å²) in [6.45, 7) is 2.25. The molecular formula is C17H35NaO3S2. The Bertz CT molecular complexity index is 370. The molecule has 0 aromatic carbocycles. The normalized spacial score (nSPS) is 11.2. The third kappa shape index (κ3) is 16.2. The predicted molar refractivity (Wildman–Crippen MR) is 105 cm³/mol. The molecule has 134 valence electrons. The number of unbranched alkanes of at least 4 members (excludes halogenated alkanes) is 12. The molecule has 0 unspecified atom stereocenters. The molecule has 0 radical (unpaired) electrons. The van der Waals surface area contributed by atoms with Crippen molar-refractivity contribution in [3.8, 4) is 0 Å². The van der Waals surface area contributed by atoms with Gasteiger partial charge in [-0.1, -0.05) is 84.0 Å². The summed E-state index contributed by atoms with van der Waals surface area (Å²) in [4.78, 5) is 11.4. The van der Waals surface area contributed by atoms with E-state index < -0.39 is 14.0 Å². The second kappa shape index (κ2) is 17.8. The molecular weight excluding hydrogens is 339 g/mol. The quantitative estimate of drug-likeness (QED) is 0.229. The monoisotopic (exact) mass is 374 g/mol.